The maximum Gasteiger partial charge on any atom is 0.221 e. The lowest BCUT2D eigenvalue weighted by atomic mass is 10.1. The number of nitrogens with two attached hydrogens (primary N) is 1. The average molecular weight is 310 g/mol. The van der Waals surface area contributed by atoms with Crippen molar-refractivity contribution in [1.29, 1.82) is 0 Å². The average Bonchev–Trinajstić information content (AvgIpc) is 2.43. The Hall–Kier alpha value is -2.82. The molecule has 5 heteroatoms. The van der Waals surface area contributed by atoms with Crippen molar-refractivity contribution < 1.29 is 4.79 Å². The molecule has 2 aromatic rings. The molecule has 0 unspecified atom stereocenters. The minimum absolute atomic E-state index is 0.0957. The fourth-order valence-electron chi connectivity index (χ4n) is 2.36. The van der Waals surface area contributed by atoms with Crippen LogP contribution in [0.3, 0.4) is 0 Å². The SMILES string of the molecule is CC(=O)Nc1cccc(CN=C(N)Nc2cc(C)cc(C)c2)c1. The molecule has 1 amide bonds. The van der Waals surface area contributed by atoms with Crippen molar-refractivity contribution in [2.75, 3.05) is 10.6 Å². The Labute approximate surface area is 136 Å². The lowest BCUT2D eigenvalue weighted by Gasteiger charge is -2.08. The summed E-state index contributed by atoms with van der Waals surface area (Å²) >= 11 is 0. The van der Waals surface area contributed by atoms with Gasteiger partial charge in [-0.05, 0) is 54.8 Å². The van der Waals surface area contributed by atoms with E-state index >= 15 is 0 Å². The molecule has 0 saturated heterocycles. The van der Waals surface area contributed by atoms with Crippen LogP contribution in [-0.2, 0) is 11.3 Å². The summed E-state index contributed by atoms with van der Waals surface area (Å²) in [6, 6.07) is 13.7. The lowest BCUT2D eigenvalue weighted by Crippen LogP contribution is -2.22. The van der Waals surface area contributed by atoms with Crippen LogP contribution in [0.1, 0.15) is 23.6 Å². The zero-order chi connectivity index (χ0) is 16.8. The van der Waals surface area contributed by atoms with Gasteiger partial charge in [0.2, 0.25) is 5.91 Å². The van der Waals surface area contributed by atoms with E-state index in [1.807, 2.05) is 50.2 Å². The standard InChI is InChI=1S/C18H22N4O/c1-12-7-13(2)9-17(8-12)22-18(19)20-11-15-5-4-6-16(10-15)21-14(3)23/h4-10H,11H2,1-3H3,(H,21,23)(H3,19,20,22). The molecule has 0 saturated carbocycles. The van der Waals surface area contributed by atoms with Crippen LogP contribution in [-0.4, -0.2) is 11.9 Å². The molecular weight excluding hydrogens is 288 g/mol. The van der Waals surface area contributed by atoms with E-state index in [2.05, 4.69) is 21.7 Å². The van der Waals surface area contributed by atoms with E-state index in [4.69, 9.17) is 5.73 Å². The largest absolute Gasteiger partial charge is 0.370 e. The number of guanidine groups is 1. The third-order valence-electron chi connectivity index (χ3n) is 3.17. The molecule has 0 spiro atoms. The number of carbonyl (C=O) groups is 1. The molecule has 0 aromatic heterocycles. The van der Waals surface area contributed by atoms with Crippen LogP contribution in [0, 0.1) is 13.8 Å². The van der Waals surface area contributed by atoms with Gasteiger partial charge in [0.1, 0.15) is 0 Å². The predicted molar refractivity (Wildman–Crippen MR) is 95.6 cm³/mol. The van der Waals surface area contributed by atoms with Crippen molar-refractivity contribution in [3.8, 4) is 0 Å². The van der Waals surface area contributed by atoms with Crippen LogP contribution in [0.2, 0.25) is 0 Å². The number of carbonyl (C=O) groups excluding carboxylic acids is 1. The first-order chi connectivity index (χ1) is 10.9. The maximum absolute atomic E-state index is 11.1. The number of nitrogens with zero attached hydrogens (tertiary/aromatic N) is 1. The number of rotatable bonds is 4. The Morgan fingerprint density at radius 2 is 1.74 bits per heavy atom. The van der Waals surface area contributed by atoms with Gasteiger partial charge in [-0.15, -0.1) is 0 Å². The molecule has 0 heterocycles. The Balaban J connectivity index is 2.03. The van der Waals surface area contributed by atoms with E-state index in [0.717, 1.165) is 16.9 Å². The molecule has 0 atom stereocenters. The number of benzene rings is 2. The van der Waals surface area contributed by atoms with E-state index in [9.17, 15) is 4.79 Å². The smallest absolute Gasteiger partial charge is 0.221 e. The number of anilines is 2. The zero-order valence-corrected chi connectivity index (χ0v) is 13.7. The molecule has 0 radical (unpaired) electrons. The van der Waals surface area contributed by atoms with Crippen molar-refractivity contribution in [2.24, 2.45) is 10.7 Å². The van der Waals surface area contributed by atoms with Gasteiger partial charge in [0.15, 0.2) is 5.96 Å². The number of hydrogen-bond donors (Lipinski definition) is 3. The minimum Gasteiger partial charge on any atom is -0.370 e. The second-order valence-electron chi connectivity index (χ2n) is 5.58. The highest BCUT2D eigenvalue weighted by molar-refractivity contribution is 5.92. The van der Waals surface area contributed by atoms with Crippen LogP contribution in [0.25, 0.3) is 0 Å². The highest BCUT2D eigenvalue weighted by atomic mass is 16.1. The maximum atomic E-state index is 11.1. The Morgan fingerprint density at radius 1 is 1.04 bits per heavy atom. The summed E-state index contributed by atoms with van der Waals surface area (Å²) in [5.74, 6) is 0.265. The first kappa shape index (κ1) is 16.5. The second-order valence-corrected chi connectivity index (χ2v) is 5.58. The predicted octanol–water partition coefficient (Wildman–Crippen LogP) is 3.19. The molecule has 0 aliphatic carbocycles. The van der Waals surface area contributed by atoms with Crippen molar-refractivity contribution >= 4 is 23.2 Å². The third-order valence-corrected chi connectivity index (χ3v) is 3.17. The quantitative estimate of drug-likeness (QED) is 0.599. The number of amides is 1. The van der Waals surface area contributed by atoms with Gasteiger partial charge in [-0.25, -0.2) is 4.99 Å². The summed E-state index contributed by atoms with van der Waals surface area (Å²) in [4.78, 5) is 15.4. The van der Waals surface area contributed by atoms with Gasteiger partial charge >= 0.3 is 0 Å². The first-order valence-corrected chi connectivity index (χ1v) is 7.44. The van der Waals surface area contributed by atoms with Gasteiger partial charge in [-0.1, -0.05) is 18.2 Å². The molecule has 120 valence electrons. The van der Waals surface area contributed by atoms with Crippen molar-refractivity contribution in [3.63, 3.8) is 0 Å². The summed E-state index contributed by atoms with van der Waals surface area (Å²) in [6.07, 6.45) is 0. The third kappa shape index (κ3) is 5.47. The zero-order valence-electron chi connectivity index (χ0n) is 13.7. The molecular formula is C18H22N4O. The summed E-state index contributed by atoms with van der Waals surface area (Å²) in [6.45, 7) is 6.01. The van der Waals surface area contributed by atoms with E-state index in [0.29, 0.717) is 12.5 Å². The van der Waals surface area contributed by atoms with Crippen LogP contribution >= 0.6 is 0 Å². The van der Waals surface area contributed by atoms with E-state index < -0.39 is 0 Å². The minimum atomic E-state index is -0.0957. The summed E-state index contributed by atoms with van der Waals surface area (Å²) < 4.78 is 0. The van der Waals surface area contributed by atoms with Crippen molar-refractivity contribution in [3.05, 3.63) is 59.2 Å². The summed E-state index contributed by atoms with van der Waals surface area (Å²) in [5.41, 5.74) is 10.9. The first-order valence-electron chi connectivity index (χ1n) is 7.44. The molecule has 2 aromatic carbocycles. The number of aliphatic imine (C=N–C) groups is 1. The highest BCUT2D eigenvalue weighted by Crippen LogP contribution is 2.14. The Bertz CT molecular complexity index is 717. The molecule has 0 aliphatic heterocycles. The molecule has 0 bridgehead atoms. The van der Waals surface area contributed by atoms with Crippen molar-refractivity contribution in [2.45, 2.75) is 27.3 Å². The monoisotopic (exact) mass is 310 g/mol. The number of aryl methyl sites for hydroxylation is 2. The van der Waals surface area contributed by atoms with Gasteiger partial charge < -0.3 is 16.4 Å². The van der Waals surface area contributed by atoms with Gasteiger partial charge in [0.05, 0.1) is 6.54 Å². The van der Waals surface area contributed by atoms with Crippen molar-refractivity contribution in [1.82, 2.24) is 0 Å². The van der Waals surface area contributed by atoms with E-state index in [-0.39, 0.29) is 5.91 Å². The topological polar surface area (TPSA) is 79.5 Å². The van der Waals surface area contributed by atoms with Crippen LogP contribution in [0.5, 0.6) is 0 Å². The molecule has 5 nitrogen and oxygen atoms in total. The van der Waals surface area contributed by atoms with Gasteiger partial charge in [-0.2, -0.15) is 0 Å². The normalized spacial score (nSPS) is 11.2. The number of hydrogen-bond acceptors (Lipinski definition) is 2. The van der Waals surface area contributed by atoms with Gasteiger partial charge in [0.25, 0.3) is 0 Å². The fraction of sp³-hybridized carbons (Fsp3) is 0.222. The summed E-state index contributed by atoms with van der Waals surface area (Å²) in [5, 5.41) is 5.85. The Kier molecular flexibility index (Phi) is 5.36. The highest BCUT2D eigenvalue weighted by Gasteiger charge is 2.00. The van der Waals surface area contributed by atoms with Crippen LogP contribution in [0.4, 0.5) is 11.4 Å². The molecule has 0 aliphatic rings. The molecule has 0 fully saturated rings. The van der Waals surface area contributed by atoms with E-state index in [1.165, 1.54) is 18.1 Å². The van der Waals surface area contributed by atoms with Gasteiger partial charge in [-0.3, -0.25) is 4.79 Å². The summed E-state index contributed by atoms with van der Waals surface area (Å²) in [7, 11) is 0. The lowest BCUT2D eigenvalue weighted by molar-refractivity contribution is -0.114. The van der Waals surface area contributed by atoms with Crippen LogP contribution < -0.4 is 16.4 Å². The molecule has 4 N–H and O–H groups in total. The molecule has 2 rings (SSSR count). The second kappa shape index (κ2) is 7.45. The van der Waals surface area contributed by atoms with Crippen LogP contribution in [0.15, 0.2) is 47.5 Å². The van der Waals surface area contributed by atoms with E-state index in [1.54, 1.807) is 0 Å². The fourth-order valence-corrected chi connectivity index (χ4v) is 2.36. The van der Waals surface area contributed by atoms with Gasteiger partial charge in [0, 0.05) is 18.3 Å². The Morgan fingerprint density at radius 3 is 2.39 bits per heavy atom. The molecule has 23 heavy (non-hydrogen) atoms. The number of nitrogens with one attached hydrogen (secondary N) is 2.